The highest BCUT2D eigenvalue weighted by atomic mass is 32.2. The van der Waals surface area contributed by atoms with Crippen LogP contribution in [0.2, 0.25) is 0 Å². The van der Waals surface area contributed by atoms with Gasteiger partial charge in [-0.2, -0.15) is 0 Å². The van der Waals surface area contributed by atoms with Crippen LogP contribution in [0.5, 0.6) is 0 Å². The number of hydrogen-bond acceptors (Lipinski definition) is 6. The fourth-order valence-electron chi connectivity index (χ4n) is 2.89. The number of nitrogens with two attached hydrogens (primary N) is 1. The van der Waals surface area contributed by atoms with Gasteiger partial charge in [-0.05, 0) is 68.3 Å². The van der Waals surface area contributed by atoms with Gasteiger partial charge >= 0.3 is 5.97 Å². The first-order valence-corrected chi connectivity index (χ1v) is 10.7. The topological polar surface area (TPSA) is 129 Å². The van der Waals surface area contributed by atoms with Gasteiger partial charge in [0.05, 0.1) is 17.6 Å². The number of rotatable bonds is 6. The molecule has 8 nitrogen and oxygen atoms in total. The monoisotopic (exact) mass is 430 g/mol. The number of anilines is 1. The number of ether oxygens (including phenoxy) is 1. The van der Waals surface area contributed by atoms with Gasteiger partial charge < -0.3 is 14.5 Å². The van der Waals surface area contributed by atoms with Crippen LogP contribution in [0, 0.1) is 13.8 Å². The second-order valence-corrected chi connectivity index (χ2v) is 8.62. The number of carbonyl (C=O) groups excluding carboxylic acids is 2. The SMILES string of the molecule is Cc1cc2occ(CC(=O)OC(C)C(=O)Nc3ccc(S(N)(=O)=O)cc3)c2cc1C. The summed E-state index contributed by atoms with van der Waals surface area (Å²) >= 11 is 0. The molecule has 1 atom stereocenters. The van der Waals surface area contributed by atoms with E-state index < -0.39 is 28.0 Å². The summed E-state index contributed by atoms with van der Waals surface area (Å²) in [6.45, 7) is 5.41. The molecule has 3 rings (SSSR count). The van der Waals surface area contributed by atoms with Crippen LogP contribution >= 0.6 is 0 Å². The molecule has 1 heterocycles. The van der Waals surface area contributed by atoms with Crippen molar-refractivity contribution >= 4 is 38.6 Å². The molecule has 0 bridgehead atoms. The van der Waals surface area contributed by atoms with E-state index in [4.69, 9.17) is 14.3 Å². The molecule has 0 fully saturated rings. The number of aryl methyl sites for hydroxylation is 2. The first-order chi connectivity index (χ1) is 14.0. The smallest absolute Gasteiger partial charge is 0.311 e. The number of hydrogen-bond donors (Lipinski definition) is 2. The summed E-state index contributed by atoms with van der Waals surface area (Å²) in [7, 11) is -3.82. The van der Waals surface area contributed by atoms with Gasteiger partial charge in [0.2, 0.25) is 10.0 Å². The Bertz CT molecular complexity index is 1210. The van der Waals surface area contributed by atoms with Gasteiger partial charge in [0.15, 0.2) is 6.10 Å². The quantitative estimate of drug-likeness (QED) is 0.579. The van der Waals surface area contributed by atoms with Crippen LogP contribution < -0.4 is 10.5 Å². The minimum Gasteiger partial charge on any atom is -0.464 e. The number of sulfonamides is 1. The average molecular weight is 430 g/mol. The molecule has 158 valence electrons. The van der Waals surface area contributed by atoms with Gasteiger partial charge in [-0.25, -0.2) is 13.6 Å². The molecule has 1 aromatic heterocycles. The van der Waals surface area contributed by atoms with Crippen LogP contribution in [0.1, 0.15) is 23.6 Å². The molecule has 3 aromatic rings. The standard InChI is InChI=1S/C21H22N2O6S/c1-12-8-18-15(11-28-19(18)9-13(12)2)10-20(24)29-14(3)21(25)23-16-4-6-17(7-5-16)30(22,26)27/h4-9,11,14H,10H2,1-3H3,(H,23,25)(H2,22,26,27). The van der Waals surface area contributed by atoms with Gasteiger partial charge in [0.25, 0.3) is 5.91 Å². The van der Waals surface area contributed by atoms with E-state index in [9.17, 15) is 18.0 Å². The molecule has 30 heavy (non-hydrogen) atoms. The number of fused-ring (bicyclic) bond motifs is 1. The number of amides is 1. The van der Waals surface area contributed by atoms with Crippen LogP contribution in [0.15, 0.2) is 52.0 Å². The Kier molecular flexibility index (Phi) is 5.95. The number of primary sulfonamides is 1. The van der Waals surface area contributed by atoms with Crippen molar-refractivity contribution in [3.63, 3.8) is 0 Å². The maximum absolute atomic E-state index is 12.3. The zero-order chi connectivity index (χ0) is 22.1. The molecular formula is C21H22N2O6S. The molecular weight excluding hydrogens is 408 g/mol. The number of nitrogens with one attached hydrogen (secondary N) is 1. The minimum absolute atomic E-state index is 0.0316. The Morgan fingerprint density at radius 3 is 2.40 bits per heavy atom. The Morgan fingerprint density at radius 1 is 1.13 bits per heavy atom. The van der Waals surface area contributed by atoms with E-state index in [0.717, 1.165) is 16.5 Å². The lowest BCUT2D eigenvalue weighted by molar-refractivity contribution is -0.152. The summed E-state index contributed by atoms with van der Waals surface area (Å²) < 4.78 is 33.3. The summed E-state index contributed by atoms with van der Waals surface area (Å²) in [6, 6.07) is 9.21. The van der Waals surface area contributed by atoms with Crippen LogP contribution in [0.3, 0.4) is 0 Å². The average Bonchev–Trinajstić information content (AvgIpc) is 3.03. The summed E-state index contributed by atoms with van der Waals surface area (Å²) in [5.41, 5.74) is 3.90. The third-order valence-corrected chi connectivity index (χ3v) is 5.66. The van der Waals surface area contributed by atoms with E-state index in [2.05, 4.69) is 5.32 Å². The molecule has 0 aliphatic carbocycles. The van der Waals surface area contributed by atoms with E-state index in [1.807, 2.05) is 26.0 Å². The molecule has 1 amide bonds. The van der Waals surface area contributed by atoms with Crippen molar-refractivity contribution < 1.29 is 27.2 Å². The van der Waals surface area contributed by atoms with Crippen molar-refractivity contribution in [1.82, 2.24) is 0 Å². The Balaban J connectivity index is 1.61. The summed E-state index contributed by atoms with van der Waals surface area (Å²) in [5, 5.41) is 8.43. The van der Waals surface area contributed by atoms with E-state index in [0.29, 0.717) is 16.8 Å². The van der Waals surface area contributed by atoms with E-state index >= 15 is 0 Å². The summed E-state index contributed by atoms with van der Waals surface area (Å²) in [6.07, 6.45) is 0.441. The van der Waals surface area contributed by atoms with Crippen molar-refractivity contribution in [3.8, 4) is 0 Å². The number of benzene rings is 2. The fourth-order valence-corrected chi connectivity index (χ4v) is 3.41. The van der Waals surface area contributed by atoms with Crippen LogP contribution in [-0.2, 0) is 30.8 Å². The van der Waals surface area contributed by atoms with Gasteiger partial charge in [-0.3, -0.25) is 9.59 Å². The molecule has 1 unspecified atom stereocenters. The maximum Gasteiger partial charge on any atom is 0.311 e. The Labute approximate surface area is 174 Å². The molecule has 0 aliphatic rings. The van der Waals surface area contributed by atoms with Crippen molar-refractivity contribution in [2.45, 2.75) is 38.2 Å². The summed E-state index contributed by atoms with van der Waals surface area (Å²) in [4.78, 5) is 24.5. The van der Waals surface area contributed by atoms with E-state index in [1.54, 1.807) is 0 Å². The lowest BCUT2D eigenvalue weighted by Gasteiger charge is -2.13. The van der Waals surface area contributed by atoms with E-state index in [1.165, 1.54) is 37.5 Å². The second kappa shape index (κ2) is 8.29. The van der Waals surface area contributed by atoms with Crippen LogP contribution in [-0.4, -0.2) is 26.4 Å². The Hall–Kier alpha value is -3.17. The molecule has 3 N–H and O–H groups in total. The van der Waals surface area contributed by atoms with Gasteiger partial charge in [0.1, 0.15) is 5.58 Å². The first kappa shape index (κ1) is 21.5. The molecule has 0 spiro atoms. The van der Waals surface area contributed by atoms with Gasteiger partial charge in [-0.1, -0.05) is 0 Å². The predicted molar refractivity (Wildman–Crippen MR) is 111 cm³/mol. The highest BCUT2D eigenvalue weighted by molar-refractivity contribution is 7.89. The predicted octanol–water partition coefficient (Wildman–Crippen LogP) is 2.81. The highest BCUT2D eigenvalue weighted by Gasteiger charge is 2.20. The van der Waals surface area contributed by atoms with Gasteiger partial charge in [0, 0.05) is 16.6 Å². The first-order valence-electron chi connectivity index (χ1n) is 9.15. The number of carbonyl (C=O) groups is 2. The number of esters is 1. The van der Waals surface area contributed by atoms with Crippen molar-refractivity contribution in [3.05, 3.63) is 59.4 Å². The molecule has 0 saturated heterocycles. The minimum atomic E-state index is -3.82. The lowest BCUT2D eigenvalue weighted by Crippen LogP contribution is -2.30. The molecule has 2 aromatic carbocycles. The number of furan rings is 1. The molecule has 0 radical (unpaired) electrons. The maximum atomic E-state index is 12.3. The summed E-state index contributed by atoms with van der Waals surface area (Å²) in [5.74, 6) is -1.11. The lowest BCUT2D eigenvalue weighted by atomic mass is 10.0. The molecule has 0 aliphatic heterocycles. The van der Waals surface area contributed by atoms with Crippen molar-refractivity contribution in [1.29, 1.82) is 0 Å². The zero-order valence-electron chi connectivity index (χ0n) is 16.8. The Morgan fingerprint density at radius 2 is 1.77 bits per heavy atom. The van der Waals surface area contributed by atoms with Crippen LogP contribution in [0.4, 0.5) is 5.69 Å². The largest absolute Gasteiger partial charge is 0.464 e. The van der Waals surface area contributed by atoms with Gasteiger partial charge in [-0.15, -0.1) is 0 Å². The van der Waals surface area contributed by atoms with Crippen molar-refractivity contribution in [2.24, 2.45) is 5.14 Å². The highest BCUT2D eigenvalue weighted by Crippen LogP contribution is 2.25. The molecule has 0 saturated carbocycles. The third-order valence-electron chi connectivity index (χ3n) is 4.73. The second-order valence-electron chi connectivity index (χ2n) is 7.06. The van der Waals surface area contributed by atoms with E-state index in [-0.39, 0.29) is 11.3 Å². The fraction of sp³-hybridized carbons (Fsp3) is 0.238. The third kappa shape index (κ3) is 4.87. The normalized spacial score (nSPS) is 12.5. The van der Waals surface area contributed by atoms with Crippen molar-refractivity contribution in [2.75, 3.05) is 5.32 Å². The molecule has 9 heteroatoms. The zero-order valence-corrected chi connectivity index (χ0v) is 17.6. The van der Waals surface area contributed by atoms with Crippen LogP contribution in [0.25, 0.3) is 11.0 Å².